The average molecular weight is 493 g/mol. The van der Waals surface area contributed by atoms with E-state index >= 15 is 0 Å². The summed E-state index contributed by atoms with van der Waals surface area (Å²) in [6.45, 7) is 0. The standard InChI is InChI=1S/C34H28N4/c1(26-7-15-35-16-8-26)2-28-4-6-30(5-3-27-9-17-36-18-10-27)33(23-28)34(32-13-21-38-22-14-32)24-31(25-34)29-11-19-37-20-12-29/h1-23,31H,24-25H2. The van der Waals surface area contributed by atoms with E-state index in [1.807, 2.05) is 73.8 Å². The van der Waals surface area contributed by atoms with Crippen molar-refractivity contribution in [3.63, 3.8) is 0 Å². The fourth-order valence-corrected chi connectivity index (χ4v) is 5.50. The lowest BCUT2D eigenvalue weighted by atomic mass is 9.53. The minimum Gasteiger partial charge on any atom is -0.265 e. The lowest BCUT2D eigenvalue weighted by molar-refractivity contribution is 0.250. The minimum absolute atomic E-state index is 0.102. The highest BCUT2D eigenvalue weighted by Gasteiger charge is 2.48. The van der Waals surface area contributed by atoms with Gasteiger partial charge in [-0.3, -0.25) is 19.9 Å². The van der Waals surface area contributed by atoms with Crippen LogP contribution in [-0.4, -0.2) is 19.9 Å². The molecule has 0 aliphatic heterocycles. The highest BCUT2D eigenvalue weighted by atomic mass is 14.6. The Balaban J connectivity index is 1.44. The molecule has 4 heterocycles. The molecule has 0 bridgehead atoms. The van der Waals surface area contributed by atoms with Gasteiger partial charge >= 0.3 is 0 Å². The first-order valence-corrected chi connectivity index (χ1v) is 12.9. The Morgan fingerprint density at radius 3 is 1.63 bits per heavy atom. The topological polar surface area (TPSA) is 51.6 Å². The maximum Gasteiger partial charge on any atom is 0.0273 e. The molecule has 0 amide bonds. The first kappa shape index (κ1) is 23.7. The van der Waals surface area contributed by atoms with Gasteiger partial charge in [0.2, 0.25) is 0 Å². The van der Waals surface area contributed by atoms with Gasteiger partial charge in [0.05, 0.1) is 0 Å². The second kappa shape index (κ2) is 10.7. The van der Waals surface area contributed by atoms with Crippen LogP contribution in [0.5, 0.6) is 0 Å². The van der Waals surface area contributed by atoms with Crippen LogP contribution in [0.25, 0.3) is 24.3 Å². The summed E-state index contributed by atoms with van der Waals surface area (Å²) >= 11 is 0. The monoisotopic (exact) mass is 492 g/mol. The third-order valence-corrected chi connectivity index (χ3v) is 7.53. The van der Waals surface area contributed by atoms with E-state index in [-0.39, 0.29) is 5.41 Å². The zero-order valence-electron chi connectivity index (χ0n) is 21.1. The van der Waals surface area contributed by atoms with E-state index in [0.717, 1.165) is 24.0 Å². The largest absolute Gasteiger partial charge is 0.265 e. The summed E-state index contributed by atoms with van der Waals surface area (Å²) < 4.78 is 0. The summed E-state index contributed by atoms with van der Waals surface area (Å²) in [5.41, 5.74) is 8.58. The van der Waals surface area contributed by atoms with Crippen LogP contribution in [0.4, 0.5) is 0 Å². The molecule has 0 N–H and O–H groups in total. The van der Waals surface area contributed by atoms with Gasteiger partial charge in [-0.2, -0.15) is 0 Å². The molecular weight excluding hydrogens is 464 g/mol. The average Bonchev–Trinajstić information content (AvgIpc) is 2.97. The molecule has 1 fully saturated rings. The number of hydrogen-bond donors (Lipinski definition) is 0. The van der Waals surface area contributed by atoms with Crippen molar-refractivity contribution in [2.75, 3.05) is 0 Å². The van der Waals surface area contributed by atoms with Gasteiger partial charge in [-0.1, -0.05) is 42.5 Å². The lowest BCUT2D eigenvalue weighted by Gasteiger charge is -2.50. The van der Waals surface area contributed by atoms with Crippen LogP contribution in [-0.2, 0) is 5.41 Å². The summed E-state index contributed by atoms with van der Waals surface area (Å²) in [4.78, 5) is 16.8. The van der Waals surface area contributed by atoms with Gasteiger partial charge in [0.15, 0.2) is 0 Å². The number of benzene rings is 1. The van der Waals surface area contributed by atoms with Crippen molar-refractivity contribution in [1.82, 2.24) is 19.9 Å². The maximum atomic E-state index is 4.32. The Bertz CT molecular complexity index is 1540. The Morgan fingerprint density at radius 1 is 0.526 bits per heavy atom. The van der Waals surface area contributed by atoms with Crippen molar-refractivity contribution in [2.45, 2.75) is 24.2 Å². The third-order valence-electron chi connectivity index (χ3n) is 7.53. The molecule has 38 heavy (non-hydrogen) atoms. The van der Waals surface area contributed by atoms with Crippen LogP contribution >= 0.6 is 0 Å². The number of nitrogens with zero attached hydrogens (tertiary/aromatic N) is 4. The number of rotatable bonds is 7. The van der Waals surface area contributed by atoms with Crippen LogP contribution in [0, 0.1) is 0 Å². The molecule has 4 nitrogen and oxygen atoms in total. The van der Waals surface area contributed by atoms with Crippen molar-refractivity contribution in [2.24, 2.45) is 0 Å². The Labute approximate surface area is 223 Å². The summed E-state index contributed by atoms with van der Waals surface area (Å²) in [6, 6.07) is 23.6. The minimum atomic E-state index is -0.102. The summed E-state index contributed by atoms with van der Waals surface area (Å²) in [7, 11) is 0. The van der Waals surface area contributed by atoms with Gasteiger partial charge in [-0.05, 0) is 106 Å². The Morgan fingerprint density at radius 2 is 1.03 bits per heavy atom. The quantitative estimate of drug-likeness (QED) is 0.236. The predicted molar refractivity (Wildman–Crippen MR) is 154 cm³/mol. The van der Waals surface area contributed by atoms with Crippen LogP contribution in [0.3, 0.4) is 0 Å². The van der Waals surface area contributed by atoms with Crippen molar-refractivity contribution < 1.29 is 0 Å². The van der Waals surface area contributed by atoms with Crippen LogP contribution in [0.1, 0.15) is 57.7 Å². The summed E-state index contributed by atoms with van der Waals surface area (Å²) in [6.07, 6.45) is 25.8. The van der Waals surface area contributed by atoms with Gasteiger partial charge in [0.25, 0.3) is 0 Å². The highest BCUT2D eigenvalue weighted by Crippen LogP contribution is 2.57. The van der Waals surface area contributed by atoms with Crippen molar-refractivity contribution >= 4 is 24.3 Å². The van der Waals surface area contributed by atoms with E-state index in [4.69, 9.17) is 0 Å². The smallest absolute Gasteiger partial charge is 0.0273 e. The summed E-state index contributed by atoms with van der Waals surface area (Å²) in [5, 5.41) is 0. The molecule has 1 aliphatic carbocycles. The number of hydrogen-bond acceptors (Lipinski definition) is 4. The van der Waals surface area contributed by atoms with Crippen LogP contribution in [0.2, 0.25) is 0 Å². The molecule has 0 radical (unpaired) electrons. The van der Waals surface area contributed by atoms with Gasteiger partial charge in [0, 0.05) is 55.0 Å². The lowest BCUT2D eigenvalue weighted by Crippen LogP contribution is -2.41. The fourth-order valence-electron chi connectivity index (χ4n) is 5.50. The van der Waals surface area contributed by atoms with E-state index in [0.29, 0.717) is 5.92 Å². The van der Waals surface area contributed by atoms with Gasteiger partial charge < -0.3 is 0 Å². The fraction of sp³-hybridized carbons (Fsp3) is 0.118. The van der Waals surface area contributed by atoms with E-state index in [1.54, 1.807) is 0 Å². The maximum absolute atomic E-state index is 4.32. The molecular formula is C34H28N4. The molecule has 0 saturated heterocycles. The molecule has 1 saturated carbocycles. The van der Waals surface area contributed by atoms with Crippen LogP contribution < -0.4 is 0 Å². The Hall–Kier alpha value is -4.70. The van der Waals surface area contributed by atoms with E-state index in [9.17, 15) is 0 Å². The van der Waals surface area contributed by atoms with Gasteiger partial charge in [-0.15, -0.1) is 0 Å². The zero-order valence-corrected chi connectivity index (χ0v) is 21.1. The van der Waals surface area contributed by atoms with E-state index < -0.39 is 0 Å². The molecule has 1 aromatic carbocycles. The molecule has 6 rings (SSSR count). The predicted octanol–water partition coefficient (Wildman–Crippen LogP) is 7.47. The molecule has 5 aromatic rings. The molecule has 4 heteroatoms. The normalized spacial score (nSPS) is 19.0. The van der Waals surface area contributed by atoms with Gasteiger partial charge in [0.1, 0.15) is 0 Å². The molecule has 0 spiro atoms. The second-order valence-electron chi connectivity index (χ2n) is 9.78. The highest BCUT2D eigenvalue weighted by molar-refractivity contribution is 5.76. The first-order valence-electron chi connectivity index (χ1n) is 12.9. The first-order chi connectivity index (χ1) is 18.8. The molecule has 0 unspecified atom stereocenters. The second-order valence-corrected chi connectivity index (χ2v) is 9.78. The van der Waals surface area contributed by atoms with Crippen molar-refractivity contribution in [3.8, 4) is 0 Å². The van der Waals surface area contributed by atoms with Crippen molar-refractivity contribution in [1.29, 1.82) is 0 Å². The molecule has 1 aliphatic rings. The van der Waals surface area contributed by atoms with Gasteiger partial charge in [-0.25, -0.2) is 0 Å². The third kappa shape index (κ3) is 4.94. The molecule has 0 atom stereocenters. The van der Waals surface area contributed by atoms with Crippen molar-refractivity contribution in [3.05, 3.63) is 155 Å². The van der Waals surface area contributed by atoms with E-state index in [2.05, 4.69) is 86.7 Å². The van der Waals surface area contributed by atoms with Crippen LogP contribution in [0.15, 0.2) is 116 Å². The van der Waals surface area contributed by atoms with E-state index in [1.165, 1.54) is 27.8 Å². The molecule has 4 aromatic heterocycles. The number of aromatic nitrogens is 4. The summed E-state index contributed by atoms with van der Waals surface area (Å²) in [5.74, 6) is 0.485. The Kier molecular flexibility index (Phi) is 6.69. The SMILES string of the molecule is C(=Cc1ccc(C=Cc2ccncc2)c(C2(c3ccncc3)CC(c3ccncc3)C2)c1)c1ccncc1. The molecule has 184 valence electrons. The number of pyridine rings is 4. The zero-order chi connectivity index (χ0) is 25.6.